The number of aryl methyl sites for hydroxylation is 3. The molecule has 1 N–H and O–H groups in total. The van der Waals surface area contributed by atoms with Crippen molar-refractivity contribution in [2.75, 3.05) is 32.7 Å². The molecule has 2 amide bonds. The molecule has 2 fully saturated rings. The number of hydrogen-bond acceptors (Lipinski definition) is 5. The van der Waals surface area contributed by atoms with Crippen LogP contribution in [0.1, 0.15) is 54.2 Å². The normalized spacial score (nSPS) is 20.4. The van der Waals surface area contributed by atoms with Crippen molar-refractivity contribution in [3.8, 4) is 0 Å². The lowest BCUT2D eigenvalue weighted by atomic mass is 10.0. The van der Waals surface area contributed by atoms with Gasteiger partial charge in [-0.15, -0.1) is 11.3 Å². The number of carbonyl (C=O) groups excluding carboxylic acids is 2. The molecule has 0 radical (unpaired) electrons. The fraction of sp³-hybridized carbons (Fsp3) is 0.414. The second-order valence-electron chi connectivity index (χ2n) is 10.2. The lowest BCUT2D eigenvalue weighted by Gasteiger charge is -2.25. The first kappa shape index (κ1) is 24.7. The number of amides is 2. The number of thiophene rings is 1. The van der Waals surface area contributed by atoms with E-state index in [1.54, 1.807) is 6.20 Å². The van der Waals surface area contributed by atoms with E-state index in [1.807, 2.05) is 62.1 Å². The highest BCUT2D eigenvalue weighted by molar-refractivity contribution is 7.13. The highest BCUT2D eigenvalue weighted by Crippen LogP contribution is 2.33. The third-order valence-corrected chi connectivity index (χ3v) is 8.62. The second kappa shape index (κ2) is 10.5. The Bertz CT molecular complexity index is 1210. The summed E-state index contributed by atoms with van der Waals surface area (Å²) in [6, 6.07) is 16.0. The van der Waals surface area contributed by atoms with E-state index in [4.69, 9.17) is 0 Å². The Labute approximate surface area is 217 Å². The molecule has 2 saturated heterocycles. The van der Waals surface area contributed by atoms with Crippen LogP contribution in [0.5, 0.6) is 0 Å². The van der Waals surface area contributed by atoms with Gasteiger partial charge < -0.3 is 15.1 Å². The van der Waals surface area contributed by atoms with E-state index in [9.17, 15) is 9.59 Å². The fourth-order valence-electron chi connectivity index (χ4n) is 5.72. The number of aromatic nitrogens is 1. The molecule has 5 rings (SSSR count). The molecule has 0 bridgehead atoms. The molecule has 2 aliphatic heterocycles. The van der Waals surface area contributed by atoms with E-state index in [-0.39, 0.29) is 17.9 Å². The van der Waals surface area contributed by atoms with Crippen LogP contribution in [0.15, 0.2) is 54.7 Å². The number of nitrogens with zero attached hydrogens (tertiary/aromatic N) is 3. The van der Waals surface area contributed by atoms with Crippen LogP contribution in [-0.4, -0.2) is 59.3 Å². The Kier molecular flexibility index (Phi) is 7.21. The monoisotopic (exact) mass is 502 g/mol. The quantitative estimate of drug-likeness (QED) is 0.512. The molecule has 6 nitrogen and oxygen atoms in total. The highest BCUT2D eigenvalue weighted by atomic mass is 32.1. The molecule has 1 aromatic carbocycles. The van der Waals surface area contributed by atoms with Crippen LogP contribution in [0.2, 0.25) is 0 Å². The Hall–Kier alpha value is -3.03. The van der Waals surface area contributed by atoms with Gasteiger partial charge >= 0.3 is 0 Å². The number of benzene rings is 1. The molecule has 2 aromatic heterocycles. The van der Waals surface area contributed by atoms with Crippen molar-refractivity contribution in [3.63, 3.8) is 0 Å². The van der Waals surface area contributed by atoms with E-state index in [1.165, 1.54) is 11.3 Å². The molecule has 7 heteroatoms. The minimum atomic E-state index is -0.0313. The number of carbonyl (C=O) groups is 2. The Morgan fingerprint density at radius 1 is 1.00 bits per heavy atom. The van der Waals surface area contributed by atoms with Crippen LogP contribution in [0.25, 0.3) is 0 Å². The SMILES string of the molecule is Cc1ccc(C(=O)NC(CCN2CC3CN(C(=O)c4c(C)ccnc4C)C[C@@H]3C2)c2ccccc2)s1. The first-order chi connectivity index (χ1) is 17.4. The molecule has 2 unspecified atom stereocenters. The number of fused-ring (bicyclic) bond motifs is 1. The molecule has 2 aliphatic rings. The van der Waals surface area contributed by atoms with Crippen molar-refractivity contribution >= 4 is 23.2 Å². The van der Waals surface area contributed by atoms with Crippen LogP contribution in [-0.2, 0) is 0 Å². The Morgan fingerprint density at radius 3 is 2.36 bits per heavy atom. The van der Waals surface area contributed by atoms with Crippen LogP contribution >= 0.6 is 11.3 Å². The molecule has 0 saturated carbocycles. The molecule has 3 atom stereocenters. The summed E-state index contributed by atoms with van der Waals surface area (Å²) in [6.07, 6.45) is 2.63. The predicted molar refractivity (Wildman–Crippen MR) is 143 cm³/mol. The summed E-state index contributed by atoms with van der Waals surface area (Å²) in [6.45, 7) is 10.5. The topological polar surface area (TPSA) is 65.5 Å². The first-order valence-corrected chi connectivity index (χ1v) is 13.6. The largest absolute Gasteiger partial charge is 0.344 e. The van der Waals surface area contributed by atoms with Crippen molar-refractivity contribution < 1.29 is 9.59 Å². The zero-order valence-corrected chi connectivity index (χ0v) is 22.1. The number of pyridine rings is 1. The summed E-state index contributed by atoms with van der Waals surface area (Å²) < 4.78 is 0. The van der Waals surface area contributed by atoms with Crippen molar-refractivity contribution in [1.82, 2.24) is 20.1 Å². The van der Waals surface area contributed by atoms with Crippen LogP contribution in [0.4, 0.5) is 0 Å². The minimum Gasteiger partial charge on any atom is -0.344 e. The van der Waals surface area contributed by atoms with Crippen molar-refractivity contribution in [1.29, 1.82) is 0 Å². The van der Waals surface area contributed by atoms with Crippen molar-refractivity contribution in [2.45, 2.75) is 33.2 Å². The van der Waals surface area contributed by atoms with Crippen LogP contribution in [0.3, 0.4) is 0 Å². The first-order valence-electron chi connectivity index (χ1n) is 12.7. The van der Waals surface area contributed by atoms with Gasteiger partial charge in [0.25, 0.3) is 11.8 Å². The standard InChI is InChI=1S/C29H34N4O2S/c1-19-11-13-30-21(3)27(19)29(35)33-17-23-15-32(16-24(23)18-33)14-12-25(22-7-5-4-6-8-22)31-28(34)26-10-9-20(2)36-26/h4-11,13,23-25H,12,14-18H2,1-3H3,(H,31,34)/t23-,24?,25?/m0/s1. The lowest BCUT2D eigenvalue weighted by molar-refractivity contribution is 0.0772. The minimum absolute atomic E-state index is 0.00427. The van der Waals surface area contributed by atoms with Gasteiger partial charge in [-0.05, 0) is 68.4 Å². The Morgan fingerprint density at radius 2 is 1.72 bits per heavy atom. The zero-order valence-electron chi connectivity index (χ0n) is 21.2. The summed E-state index contributed by atoms with van der Waals surface area (Å²) >= 11 is 1.53. The van der Waals surface area contributed by atoms with Gasteiger partial charge in [0, 0.05) is 43.8 Å². The highest BCUT2D eigenvalue weighted by Gasteiger charge is 2.42. The summed E-state index contributed by atoms with van der Waals surface area (Å²) in [4.78, 5) is 36.9. The number of hydrogen-bond donors (Lipinski definition) is 1. The summed E-state index contributed by atoms with van der Waals surface area (Å²) in [5.41, 5.74) is 3.71. The van der Waals surface area contributed by atoms with E-state index >= 15 is 0 Å². The van der Waals surface area contributed by atoms with Gasteiger partial charge in [-0.1, -0.05) is 30.3 Å². The van der Waals surface area contributed by atoms with Crippen molar-refractivity contribution in [3.05, 3.63) is 86.9 Å². The summed E-state index contributed by atoms with van der Waals surface area (Å²) in [5, 5.41) is 3.27. The van der Waals surface area contributed by atoms with Gasteiger partial charge in [0.05, 0.1) is 22.2 Å². The second-order valence-corrected chi connectivity index (χ2v) is 11.5. The Balaban J connectivity index is 1.19. The number of rotatable bonds is 7. The predicted octanol–water partition coefficient (Wildman–Crippen LogP) is 4.63. The fourth-order valence-corrected chi connectivity index (χ4v) is 6.49. The maximum atomic E-state index is 13.2. The molecule has 3 aromatic rings. The van der Waals surface area contributed by atoms with E-state index < -0.39 is 0 Å². The summed E-state index contributed by atoms with van der Waals surface area (Å²) in [7, 11) is 0. The maximum absolute atomic E-state index is 13.2. The molecule has 36 heavy (non-hydrogen) atoms. The van der Waals surface area contributed by atoms with Gasteiger partial charge in [0.15, 0.2) is 0 Å². The zero-order chi connectivity index (χ0) is 25.2. The van der Waals surface area contributed by atoms with E-state index in [0.717, 1.165) is 71.3 Å². The van der Waals surface area contributed by atoms with Gasteiger partial charge in [0.1, 0.15) is 0 Å². The van der Waals surface area contributed by atoms with Gasteiger partial charge in [-0.2, -0.15) is 0 Å². The number of nitrogens with one attached hydrogen (secondary N) is 1. The lowest BCUT2D eigenvalue weighted by Crippen LogP contribution is -2.35. The third-order valence-electron chi connectivity index (χ3n) is 7.62. The average molecular weight is 503 g/mol. The van der Waals surface area contributed by atoms with Gasteiger partial charge in [-0.3, -0.25) is 14.6 Å². The smallest absolute Gasteiger partial charge is 0.261 e. The maximum Gasteiger partial charge on any atom is 0.261 e. The average Bonchev–Trinajstić information content (AvgIpc) is 3.57. The molecule has 0 aliphatic carbocycles. The van der Waals surface area contributed by atoms with E-state index in [2.05, 4.69) is 27.3 Å². The van der Waals surface area contributed by atoms with Gasteiger partial charge in [-0.25, -0.2) is 0 Å². The molecule has 188 valence electrons. The molecule has 4 heterocycles. The molecule has 0 spiro atoms. The summed E-state index contributed by atoms with van der Waals surface area (Å²) in [5.74, 6) is 1.13. The van der Waals surface area contributed by atoms with Crippen LogP contribution in [0, 0.1) is 32.6 Å². The van der Waals surface area contributed by atoms with E-state index in [0.29, 0.717) is 11.8 Å². The van der Waals surface area contributed by atoms with Crippen LogP contribution < -0.4 is 5.32 Å². The molecular formula is C29H34N4O2S. The number of likely N-dealkylation sites (tertiary alicyclic amines) is 2. The molecular weight excluding hydrogens is 468 g/mol. The van der Waals surface area contributed by atoms with Gasteiger partial charge in [0.2, 0.25) is 0 Å². The third kappa shape index (κ3) is 5.22. The van der Waals surface area contributed by atoms with Crippen molar-refractivity contribution in [2.24, 2.45) is 11.8 Å².